The lowest BCUT2D eigenvalue weighted by Gasteiger charge is -2.31. The van der Waals surface area contributed by atoms with E-state index in [4.69, 9.17) is 10.8 Å². The number of nitrogens with one attached hydrogen (secondary N) is 2. The summed E-state index contributed by atoms with van der Waals surface area (Å²) in [7, 11) is 0. The van der Waals surface area contributed by atoms with Crippen LogP contribution in [0.15, 0.2) is 54.9 Å². The van der Waals surface area contributed by atoms with E-state index in [2.05, 4.69) is 20.6 Å². The molecular formula is C34H35F3N8O3. The van der Waals surface area contributed by atoms with Gasteiger partial charge < -0.3 is 21.3 Å². The molecule has 2 bridgehead atoms. The predicted octanol–water partition coefficient (Wildman–Crippen LogP) is 5.60. The number of carbonyl (C=O) groups is 3. The number of hydrogen-bond acceptors (Lipinski definition) is 7. The predicted molar refractivity (Wildman–Crippen MR) is 175 cm³/mol. The standard InChI is InChI=1S/C34H35F3N8O3/c1-20(46)44-15-4-2-3-6-23-18-40-32(38)29-30(43-45(31(23)29)26-8-5-7-25(17-26)41-28(47)19-44)21-9-11-22(12-10-21)33(48)42-27-16-24(13-14-39-27)34(35,36)37/h3,6,9-14,16,18,25-26H,2,4-5,7-8,15,17,19H2,1H3,(H2,38,40)(H,41,47)(H,39,42,48)/b6-3+/t25-,26-/m1/s1. The van der Waals surface area contributed by atoms with Crippen molar-refractivity contribution < 1.29 is 27.6 Å². The summed E-state index contributed by atoms with van der Waals surface area (Å²) in [4.78, 5) is 47.9. The van der Waals surface area contributed by atoms with E-state index >= 15 is 0 Å². The Balaban J connectivity index is 1.34. The normalized spacial score (nSPS) is 19.6. The molecule has 1 fully saturated rings. The van der Waals surface area contributed by atoms with Crippen LogP contribution in [-0.4, -0.2) is 61.5 Å². The molecule has 1 aromatic carbocycles. The molecule has 2 aliphatic rings. The van der Waals surface area contributed by atoms with Gasteiger partial charge >= 0.3 is 6.18 Å². The van der Waals surface area contributed by atoms with Gasteiger partial charge in [0.2, 0.25) is 11.8 Å². The van der Waals surface area contributed by atoms with Crippen molar-refractivity contribution in [2.45, 2.75) is 63.7 Å². The van der Waals surface area contributed by atoms with E-state index in [0.717, 1.165) is 48.7 Å². The Bertz CT molecular complexity index is 1890. The lowest BCUT2D eigenvalue weighted by atomic mass is 9.90. The number of alkyl halides is 3. The SMILES string of the molecule is CC(=O)N1CCC/C=C/c2cnc(N)c3c(-c4ccc(C(=O)Nc5cc(C(F)(F)F)ccn5)cc4)nn(c23)[C@@H]2CCC[C@H](C2)NC(=O)C1. The summed E-state index contributed by atoms with van der Waals surface area (Å²) in [6.07, 6.45) is 6.61. The number of pyridine rings is 2. The molecular weight excluding hydrogens is 625 g/mol. The van der Waals surface area contributed by atoms with Crippen molar-refractivity contribution in [3.05, 3.63) is 71.6 Å². The van der Waals surface area contributed by atoms with Crippen molar-refractivity contribution in [1.82, 2.24) is 30.0 Å². The number of hydrogen-bond donors (Lipinski definition) is 3. The van der Waals surface area contributed by atoms with E-state index in [1.165, 1.54) is 6.92 Å². The Morgan fingerprint density at radius 1 is 1.08 bits per heavy atom. The summed E-state index contributed by atoms with van der Waals surface area (Å²) < 4.78 is 41.4. The van der Waals surface area contributed by atoms with Gasteiger partial charge in [0.1, 0.15) is 17.3 Å². The van der Waals surface area contributed by atoms with Crippen molar-refractivity contribution in [1.29, 1.82) is 0 Å². The van der Waals surface area contributed by atoms with Crippen molar-refractivity contribution in [2.75, 3.05) is 24.1 Å². The highest BCUT2D eigenvalue weighted by atomic mass is 19.4. The van der Waals surface area contributed by atoms with Crippen LogP contribution in [0.3, 0.4) is 0 Å². The van der Waals surface area contributed by atoms with Crippen LogP contribution in [0.2, 0.25) is 0 Å². The molecule has 48 heavy (non-hydrogen) atoms. The fourth-order valence-electron chi connectivity index (χ4n) is 6.37. The molecule has 6 rings (SSSR count). The van der Waals surface area contributed by atoms with E-state index in [1.54, 1.807) is 35.4 Å². The fraction of sp³-hybridized carbons (Fsp3) is 0.353. The number of nitrogens with two attached hydrogens (primary N) is 1. The lowest BCUT2D eigenvalue weighted by molar-refractivity contribution is -0.137. The first-order valence-corrected chi connectivity index (χ1v) is 15.8. The molecule has 4 N–H and O–H groups in total. The van der Waals surface area contributed by atoms with Crippen LogP contribution >= 0.6 is 0 Å². The first-order valence-electron chi connectivity index (χ1n) is 15.8. The molecule has 11 nitrogen and oxygen atoms in total. The number of allylic oxidation sites excluding steroid dienone is 1. The van der Waals surface area contributed by atoms with Gasteiger partial charge in [0, 0.05) is 48.6 Å². The number of amides is 3. The van der Waals surface area contributed by atoms with Crippen LogP contribution in [0, 0.1) is 0 Å². The zero-order valence-corrected chi connectivity index (χ0v) is 26.3. The van der Waals surface area contributed by atoms with Crippen molar-refractivity contribution in [3.8, 4) is 11.3 Å². The molecule has 0 saturated heterocycles. The van der Waals surface area contributed by atoms with E-state index in [-0.39, 0.29) is 47.6 Å². The van der Waals surface area contributed by atoms with Gasteiger partial charge in [0.05, 0.1) is 29.1 Å². The highest BCUT2D eigenvalue weighted by Gasteiger charge is 2.31. The number of rotatable bonds is 3. The number of carbonyl (C=O) groups excluding carboxylic acids is 3. The topological polar surface area (TPSA) is 148 Å². The third-order valence-corrected chi connectivity index (χ3v) is 8.77. The van der Waals surface area contributed by atoms with Crippen LogP contribution in [-0.2, 0) is 15.8 Å². The minimum atomic E-state index is -4.57. The summed E-state index contributed by atoms with van der Waals surface area (Å²) in [6.45, 7) is 1.95. The molecule has 1 saturated carbocycles. The highest BCUT2D eigenvalue weighted by Crippen LogP contribution is 2.39. The van der Waals surface area contributed by atoms with Gasteiger partial charge in [-0.3, -0.25) is 19.1 Å². The number of anilines is 2. The zero-order valence-electron chi connectivity index (χ0n) is 26.3. The molecule has 3 aromatic heterocycles. The molecule has 0 spiro atoms. The first-order chi connectivity index (χ1) is 23.0. The number of fused-ring (bicyclic) bond motifs is 3. The molecule has 4 heterocycles. The van der Waals surface area contributed by atoms with Crippen LogP contribution < -0.4 is 16.4 Å². The Kier molecular flexibility index (Phi) is 9.16. The molecule has 1 aliphatic heterocycles. The molecule has 4 aromatic rings. The zero-order chi connectivity index (χ0) is 34.0. The fourth-order valence-corrected chi connectivity index (χ4v) is 6.37. The monoisotopic (exact) mass is 660 g/mol. The van der Waals surface area contributed by atoms with Crippen molar-refractivity contribution in [3.63, 3.8) is 0 Å². The van der Waals surface area contributed by atoms with E-state index in [0.29, 0.717) is 42.5 Å². The maximum Gasteiger partial charge on any atom is 0.416 e. The lowest BCUT2D eigenvalue weighted by Crippen LogP contribution is -2.45. The molecule has 2 atom stereocenters. The number of nitrogens with zero attached hydrogens (tertiary/aromatic N) is 5. The quantitative estimate of drug-likeness (QED) is 0.259. The van der Waals surface area contributed by atoms with E-state index in [1.807, 2.05) is 16.8 Å². The Labute approximate surface area is 274 Å². The highest BCUT2D eigenvalue weighted by molar-refractivity contribution is 6.06. The third kappa shape index (κ3) is 7.02. The van der Waals surface area contributed by atoms with Gasteiger partial charge in [-0.05, 0) is 62.8 Å². The van der Waals surface area contributed by atoms with Gasteiger partial charge in [0.15, 0.2) is 0 Å². The van der Waals surface area contributed by atoms with Gasteiger partial charge in [0.25, 0.3) is 5.91 Å². The molecule has 0 radical (unpaired) electrons. The minimum absolute atomic E-state index is 0.0154. The Morgan fingerprint density at radius 3 is 2.62 bits per heavy atom. The summed E-state index contributed by atoms with van der Waals surface area (Å²) in [6, 6.07) is 7.99. The number of halogens is 3. The smallest absolute Gasteiger partial charge is 0.383 e. The Hall–Kier alpha value is -5.27. The summed E-state index contributed by atoms with van der Waals surface area (Å²) >= 11 is 0. The van der Waals surface area contributed by atoms with Crippen LogP contribution in [0.1, 0.15) is 73.0 Å². The molecule has 14 heteroatoms. The second kappa shape index (κ2) is 13.5. The average molecular weight is 661 g/mol. The maximum absolute atomic E-state index is 13.1. The van der Waals surface area contributed by atoms with E-state index in [9.17, 15) is 27.6 Å². The summed E-state index contributed by atoms with van der Waals surface area (Å²) in [5.41, 5.74) is 8.67. The summed E-state index contributed by atoms with van der Waals surface area (Å²) in [5.74, 6) is -0.871. The molecule has 1 aliphatic carbocycles. The third-order valence-electron chi connectivity index (χ3n) is 8.77. The molecule has 3 amide bonds. The van der Waals surface area contributed by atoms with Gasteiger partial charge in [-0.15, -0.1) is 0 Å². The second-order valence-electron chi connectivity index (χ2n) is 12.1. The van der Waals surface area contributed by atoms with Crippen molar-refractivity contribution in [2.24, 2.45) is 0 Å². The number of aromatic nitrogens is 4. The minimum Gasteiger partial charge on any atom is -0.383 e. The number of benzene rings is 1. The largest absolute Gasteiger partial charge is 0.416 e. The number of nitrogen functional groups attached to an aromatic ring is 1. The van der Waals surface area contributed by atoms with Gasteiger partial charge in [-0.25, -0.2) is 9.97 Å². The van der Waals surface area contributed by atoms with Crippen molar-refractivity contribution >= 4 is 46.3 Å². The maximum atomic E-state index is 13.1. The second-order valence-corrected chi connectivity index (χ2v) is 12.1. The molecule has 250 valence electrons. The first kappa shape index (κ1) is 32.7. The van der Waals surface area contributed by atoms with Gasteiger partial charge in [-0.2, -0.15) is 18.3 Å². The van der Waals surface area contributed by atoms with E-state index < -0.39 is 17.6 Å². The van der Waals surface area contributed by atoms with Gasteiger partial charge in [-0.1, -0.05) is 24.3 Å². The summed E-state index contributed by atoms with van der Waals surface area (Å²) in [5, 5.41) is 11.3. The molecule has 0 unspecified atom stereocenters. The average Bonchev–Trinajstić information content (AvgIpc) is 3.46. The van der Waals surface area contributed by atoms with Crippen LogP contribution in [0.4, 0.5) is 24.8 Å². The Morgan fingerprint density at radius 2 is 1.88 bits per heavy atom. The van der Waals surface area contributed by atoms with Crippen LogP contribution in [0.25, 0.3) is 28.2 Å². The van der Waals surface area contributed by atoms with Crippen LogP contribution in [0.5, 0.6) is 0 Å².